The van der Waals surface area contributed by atoms with Crippen LogP contribution in [0.2, 0.25) is 0 Å². The first kappa shape index (κ1) is 21.4. The molecule has 2 N–H and O–H groups in total. The van der Waals surface area contributed by atoms with Crippen LogP contribution < -0.4 is 15.4 Å². The summed E-state index contributed by atoms with van der Waals surface area (Å²) < 4.78 is 6.52. The standard InChI is InChI=1S/C21H25BrN2O2S/c1-2-3-4-5-8-14-26-17-11-9-10-16(15-17)23-21(27)24-20(25)18-12-6-7-13-19(18)22/h6-7,9-13,15H,2-5,8,14H2,1H3,(H2,23,24,25,27). The quantitative estimate of drug-likeness (QED) is 0.368. The van der Waals surface area contributed by atoms with E-state index in [1.165, 1.54) is 25.7 Å². The molecule has 0 saturated carbocycles. The van der Waals surface area contributed by atoms with Crippen LogP contribution in [0, 0.1) is 0 Å². The molecule has 144 valence electrons. The van der Waals surface area contributed by atoms with Crippen LogP contribution in [-0.2, 0) is 0 Å². The summed E-state index contributed by atoms with van der Waals surface area (Å²) in [5.74, 6) is 0.523. The second-order valence-corrected chi connectivity index (χ2v) is 7.44. The first-order valence-corrected chi connectivity index (χ1v) is 10.4. The summed E-state index contributed by atoms with van der Waals surface area (Å²) in [5.41, 5.74) is 1.30. The van der Waals surface area contributed by atoms with Gasteiger partial charge in [0.1, 0.15) is 5.75 Å². The smallest absolute Gasteiger partial charge is 0.258 e. The van der Waals surface area contributed by atoms with Gasteiger partial charge in [0.2, 0.25) is 0 Å². The number of hydrogen-bond acceptors (Lipinski definition) is 3. The molecule has 0 aromatic heterocycles. The minimum absolute atomic E-state index is 0.243. The fourth-order valence-electron chi connectivity index (χ4n) is 2.54. The minimum atomic E-state index is -0.264. The molecule has 0 spiro atoms. The molecule has 2 rings (SSSR count). The zero-order chi connectivity index (χ0) is 19.5. The zero-order valence-corrected chi connectivity index (χ0v) is 17.9. The highest BCUT2D eigenvalue weighted by molar-refractivity contribution is 9.10. The number of halogens is 1. The van der Waals surface area contributed by atoms with Crippen molar-refractivity contribution in [3.63, 3.8) is 0 Å². The molecule has 2 aromatic rings. The lowest BCUT2D eigenvalue weighted by Gasteiger charge is -2.12. The van der Waals surface area contributed by atoms with E-state index in [2.05, 4.69) is 33.5 Å². The van der Waals surface area contributed by atoms with Crippen molar-refractivity contribution in [1.82, 2.24) is 5.32 Å². The maximum absolute atomic E-state index is 12.3. The van der Waals surface area contributed by atoms with Gasteiger partial charge in [-0.2, -0.15) is 0 Å². The molecule has 6 heteroatoms. The van der Waals surface area contributed by atoms with Crippen molar-refractivity contribution in [2.45, 2.75) is 39.0 Å². The van der Waals surface area contributed by atoms with Crippen molar-refractivity contribution in [2.75, 3.05) is 11.9 Å². The number of rotatable bonds is 9. The average Bonchev–Trinajstić information content (AvgIpc) is 2.65. The Balaban J connectivity index is 1.82. The Kier molecular flexibility index (Phi) is 9.28. The van der Waals surface area contributed by atoms with E-state index >= 15 is 0 Å². The molecule has 0 saturated heterocycles. The molecule has 0 aliphatic heterocycles. The number of anilines is 1. The van der Waals surface area contributed by atoms with Crippen LogP contribution in [-0.4, -0.2) is 17.6 Å². The Morgan fingerprint density at radius 2 is 1.85 bits per heavy atom. The number of thiocarbonyl (C=S) groups is 1. The maximum Gasteiger partial charge on any atom is 0.258 e. The third-order valence-electron chi connectivity index (χ3n) is 3.95. The van der Waals surface area contributed by atoms with Crippen LogP contribution in [0.1, 0.15) is 49.4 Å². The molecule has 0 radical (unpaired) electrons. The molecule has 0 bridgehead atoms. The van der Waals surface area contributed by atoms with Crippen molar-refractivity contribution in [3.05, 3.63) is 58.6 Å². The predicted octanol–water partition coefficient (Wildman–Crippen LogP) is 5.93. The number of carbonyl (C=O) groups excluding carboxylic acids is 1. The largest absolute Gasteiger partial charge is 0.494 e. The summed E-state index contributed by atoms with van der Waals surface area (Å²) in [5, 5.41) is 5.96. The van der Waals surface area contributed by atoms with E-state index in [-0.39, 0.29) is 11.0 Å². The molecule has 0 fully saturated rings. The Morgan fingerprint density at radius 3 is 2.63 bits per heavy atom. The SMILES string of the molecule is CCCCCCCOc1cccc(NC(=S)NC(=O)c2ccccc2Br)c1. The molecule has 2 aromatic carbocycles. The summed E-state index contributed by atoms with van der Waals surface area (Å²) >= 11 is 8.61. The monoisotopic (exact) mass is 448 g/mol. The van der Waals surface area contributed by atoms with E-state index in [0.29, 0.717) is 12.2 Å². The summed E-state index contributed by atoms with van der Waals surface area (Å²) in [4.78, 5) is 12.3. The maximum atomic E-state index is 12.3. The van der Waals surface area contributed by atoms with Gasteiger partial charge >= 0.3 is 0 Å². The van der Waals surface area contributed by atoms with Crippen molar-refractivity contribution in [2.24, 2.45) is 0 Å². The van der Waals surface area contributed by atoms with Crippen molar-refractivity contribution in [1.29, 1.82) is 0 Å². The fraction of sp³-hybridized carbons (Fsp3) is 0.333. The Bertz CT molecular complexity index is 767. The number of hydrogen-bond donors (Lipinski definition) is 2. The highest BCUT2D eigenvalue weighted by Gasteiger charge is 2.11. The summed E-state index contributed by atoms with van der Waals surface area (Å²) in [6.45, 7) is 2.91. The third kappa shape index (κ3) is 7.69. The Labute approximate surface area is 174 Å². The van der Waals surface area contributed by atoms with Gasteiger partial charge in [0.25, 0.3) is 5.91 Å². The van der Waals surface area contributed by atoms with Gasteiger partial charge in [0, 0.05) is 16.2 Å². The molecule has 4 nitrogen and oxygen atoms in total. The number of benzene rings is 2. The van der Waals surface area contributed by atoms with Crippen LogP contribution in [0.3, 0.4) is 0 Å². The van der Waals surface area contributed by atoms with E-state index in [0.717, 1.165) is 22.3 Å². The zero-order valence-electron chi connectivity index (χ0n) is 15.5. The van der Waals surface area contributed by atoms with E-state index < -0.39 is 0 Å². The first-order chi connectivity index (χ1) is 13.1. The van der Waals surface area contributed by atoms with Gasteiger partial charge in [-0.15, -0.1) is 0 Å². The lowest BCUT2D eigenvalue weighted by atomic mass is 10.2. The highest BCUT2D eigenvalue weighted by atomic mass is 79.9. The second-order valence-electron chi connectivity index (χ2n) is 6.18. The van der Waals surface area contributed by atoms with E-state index in [1.807, 2.05) is 36.4 Å². The van der Waals surface area contributed by atoms with Gasteiger partial charge in [0.05, 0.1) is 12.2 Å². The third-order valence-corrected chi connectivity index (χ3v) is 4.85. The van der Waals surface area contributed by atoms with E-state index in [4.69, 9.17) is 17.0 Å². The van der Waals surface area contributed by atoms with E-state index in [9.17, 15) is 4.79 Å². The molecule has 0 aliphatic carbocycles. The Morgan fingerprint density at radius 1 is 1.07 bits per heavy atom. The normalized spacial score (nSPS) is 10.3. The van der Waals surface area contributed by atoms with Crippen molar-refractivity contribution >= 4 is 44.9 Å². The topological polar surface area (TPSA) is 50.4 Å². The minimum Gasteiger partial charge on any atom is -0.494 e. The molecule has 0 aliphatic rings. The van der Waals surface area contributed by atoms with Crippen molar-refractivity contribution < 1.29 is 9.53 Å². The molecule has 0 unspecified atom stereocenters. The number of ether oxygens (including phenoxy) is 1. The first-order valence-electron chi connectivity index (χ1n) is 9.20. The fourth-order valence-corrected chi connectivity index (χ4v) is 3.21. The van der Waals surface area contributed by atoms with Gasteiger partial charge in [-0.1, -0.05) is 50.8 Å². The predicted molar refractivity (Wildman–Crippen MR) is 119 cm³/mol. The van der Waals surface area contributed by atoms with Gasteiger partial charge < -0.3 is 10.1 Å². The van der Waals surface area contributed by atoms with Crippen LogP contribution in [0.4, 0.5) is 5.69 Å². The summed E-state index contributed by atoms with van der Waals surface area (Å²) in [7, 11) is 0. The van der Waals surface area contributed by atoms with Gasteiger partial charge in [0.15, 0.2) is 5.11 Å². The number of nitrogens with one attached hydrogen (secondary N) is 2. The van der Waals surface area contributed by atoms with Crippen LogP contribution in [0.15, 0.2) is 53.0 Å². The van der Waals surface area contributed by atoms with Crippen LogP contribution in [0.25, 0.3) is 0 Å². The lowest BCUT2D eigenvalue weighted by molar-refractivity contribution is 0.0977. The molecule has 0 atom stereocenters. The highest BCUT2D eigenvalue weighted by Crippen LogP contribution is 2.18. The summed E-state index contributed by atoms with van der Waals surface area (Å²) in [6, 6.07) is 14.8. The summed E-state index contributed by atoms with van der Waals surface area (Å²) in [6.07, 6.45) is 6.02. The number of unbranched alkanes of at least 4 members (excludes halogenated alkanes) is 4. The molecule has 27 heavy (non-hydrogen) atoms. The Hall–Kier alpha value is -1.92. The van der Waals surface area contributed by atoms with Crippen LogP contribution in [0.5, 0.6) is 5.75 Å². The van der Waals surface area contributed by atoms with Gasteiger partial charge in [-0.25, -0.2) is 0 Å². The van der Waals surface area contributed by atoms with E-state index in [1.54, 1.807) is 12.1 Å². The lowest BCUT2D eigenvalue weighted by Crippen LogP contribution is -2.34. The molecular formula is C21H25BrN2O2S. The number of carbonyl (C=O) groups is 1. The average molecular weight is 449 g/mol. The van der Waals surface area contributed by atoms with Crippen LogP contribution >= 0.6 is 28.1 Å². The molecule has 1 amide bonds. The van der Waals surface area contributed by atoms with Crippen molar-refractivity contribution in [3.8, 4) is 5.75 Å². The number of amides is 1. The molecule has 0 heterocycles. The molecular weight excluding hydrogens is 424 g/mol. The van der Waals surface area contributed by atoms with Gasteiger partial charge in [-0.05, 0) is 58.8 Å². The second kappa shape index (κ2) is 11.7. The van der Waals surface area contributed by atoms with Gasteiger partial charge in [-0.3, -0.25) is 10.1 Å².